The highest BCUT2D eigenvalue weighted by Gasteiger charge is 2.21. The van der Waals surface area contributed by atoms with Gasteiger partial charge in [-0.3, -0.25) is 0 Å². The third kappa shape index (κ3) is 2.22. The fourth-order valence-electron chi connectivity index (χ4n) is 3.03. The van der Waals surface area contributed by atoms with Gasteiger partial charge in [-0.2, -0.15) is 4.98 Å². The summed E-state index contributed by atoms with van der Waals surface area (Å²) in [4.78, 5) is 11.6. The van der Waals surface area contributed by atoms with Crippen molar-refractivity contribution in [2.45, 2.75) is 26.7 Å². The Labute approximate surface area is 129 Å². The zero-order valence-electron chi connectivity index (χ0n) is 12.8. The van der Waals surface area contributed by atoms with E-state index in [2.05, 4.69) is 46.2 Å². The fourth-order valence-corrected chi connectivity index (χ4v) is 3.03. The smallest absolute Gasteiger partial charge is 0.223 e. The van der Waals surface area contributed by atoms with Crippen LogP contribution in [0.3, 0.4) is 0 Å². The highest BCUT2D eigenvalue weighted by Crippen LogP contribution is 2.32. The van der Waals surface area contributed by atoms with E-state index in [1.807, 2.05) is 6.92 Å². The minimum Gasteiger partial charge on any atom is -0.356 e. The molecule has 1 saturated heterocycles. The minimum atomic E-state index is 0.576. The molecule has 0 N–H and O–H groups in total. The second kappa shape index (κ2) is 5.09. The summed E-state index contributed by atoms with van der Waals surface area (Å²) < 4.78 is 5.16. The van der Waals surface area contributed by atoms with Gasteiger partial charge < -0.3 is 9.42 Å². The molecule has 0 saturated carbocycles. The van der Waals surface area contributed by atoms with Crippen LogP contribution in [0.2, 0.25) is 0 Å². The molecule has 3 aromatic rings. The summed E-state index contributed by atoms with van der Waals surface area (Å²) in [5.74, 6) is 2.16. The van der Waals surface area contributed by atoms with E-state index >= 15 is 0 Å². The van der Waals surface area contributed by atoms with Crippen molar-refractivity contribution in [2.24, 2.45) is 0 Å². The Morgan fingerprint density at radius 2 is 1.86 bits per heavy atom. The molecular weight excluding hydrogens is 276 g/mol. The molecule has 1 fully saturated rings. The molecule has 112 valence electrons. The number of rotatable bonds is 2. The topological polar surface area (TPSA) is 55.1 Å². The number of benzene rings is 1. The fraction of sp³-hybridized carbons (Fsp3) is 0.353. The molecule has 0 bridgehead atoms. The van der Waals surface area contributed by atoms with Gasteiger partial charge in [-0.15, -0.1) is 0 Å². The van der Waals surface area contributed by atoms with Gasteiger partial charge in [0.1, 0.15) is 5.82 Å². The van der Waals surface area contributed by atoms with Gasteiger partial charge in [-0.1, -0.05) is 16.8 Å². The van der Waals surface area contributed by atoms with Crippen LogP contribution in [0, 0.1) is 13.8 Å². The summed E-state index contributed by atoms with van der Waals surface area (Å²) >= 11 is 0. The van der Waals surface area contributed by atoms with Crippen LogP contribution in [0.1, 0.15) is 24.3 Å². The van der Waals surface area contributed by atoms with Crippen LogP contribution >= 0.6 is 0 Å². The van der Waals surface area contributed by atoms with Gasteiger partial charge in [0.15, 0.2) is 0 Å². The van der Waals surface area contributed by atoms with Crippen LogP contribution in [0.4, 0.5) is 5.82 Å². The van der Waals surface area contributed by atoms with Crippen molar-refractivity contribution in [1.29, 1.82) is 0 Å². The second-order valence-corrected chi connectivity index (χ2v) is 5.89. The maximum atomic E-state index is 5.16. The molecule has 0 unspecified atom stereocenters. The van der Waals surface area contributed by atoms with Crippen LogP contribution in [0.5, 0.6) is 0 Å². The van der Waals surface area contributed by atoms with Gasteiger partial charge in [-0.25, -0.2) is 4.98 Å². The Morgan fingerprint density at radius 3 is 2.59 bits per heavy atom. The van der Waals surface area contributed by atoms with Crippen LogP contribution in [0.25, 0.3) is 22.3 Å². The summed E-state index contributed by atoms with van der Waals surface area (Å²) in [5.41, 5.74) is 3.19. The van der Waals surface area contributed by atoms with Gasteiger partial charge >= 0.3 is 0 Å². The molecule has 0 spiro atoms. The Balaban J connectivity index is 1.95. The van der Waals surface area contributed by atoms with E-state index in [4.69, 9.17) is 9.51 Å². The average molecular weight is 294 g/mol. The molecule has 2 aromatic heterocycles. The lowest BCUT2D eigenvalue weighted by atomic mass is 10.1. The van der Waals surface area contributed by atoms with Crippen molar-refractivity contribution in [3.05, 3.63) is 35.7 Å². The number of hydrogen-bond acceptors (Lipinski definition) is 5. The van der Waals surface area contributed by atoms with Gasteiger partial charge in [0.25, 0.3) is 0 Å². The van der Waals surface area contributed by atoms with E-state index in [1.54, 1.807) is 0 Å². The molecule has 0 radical (unpaired) electrons. The standard InChI is InChI=1S/C17H18N4O/c1-11-5-6-15-13(9-11)10-14(16-18-12(2)22-20-16)17(19-15)21-7-3-4-8-21/h5-6,9-10H,3-4,7-8H2,1-2H3. The highest BCUT2D eigenvalue weighted by atomic mass is 16.5. The van der Waals surface area contributed by atoms with Crippen molar-refractivity contribution < 1.29 is 4.52 Å². The number of fused-ring (bicyclic) bond motifs is 1. The first kappa shape index (κ1) is 13.2. The zero-order chi connectivity index (χ0) is 15.1. The SMILES string of the molecule is Cc1ccc2nc(N3CCCC3)c(-c3noc(C)n3)cc2c1. The summed E-state index contributed by atoms with van der Waals surface area (Å²) in [7, 11) is 0. The van der Waals surface area contributed by atoms with Crippen molar-refractivity contribution >= 4 is 16.7 Å². The largest absolute Gasteiger partial charge is 0.356 e. The van der Waals surface area contributed by atoms with E-state index in [0.717, 1.165) is 35.4 Å². The van der Waals surface area contributed by atoms with E-state index in [-0.39, 0.29) is 0 Å². The molecule has 4 rings (SSSR count). The Morgan fingerprint density at radius 1 is 1.05 bits per heavy atom. The molecule has 3 heterocycles. The van der Waals surface area contributed by atoms with Crippen molar-refractivity contribution in [3.63, 3.8) is 0 Å². The average Bonchev–Trinajstić information content (AvgIpc) is 3.17. The first-order chi connectivity index (χ1) is 10.7. The lowest BCUT2D eigenvalue weighted by Crippen LogP contribution is -2.20. The summed E-state index contributed by atoms with van der Waals surface area (Å²) in [6.45, 7) is 5.97. The van der Waals surface area contributed by atoms with E-state index in [1.165, 1.54) is 18.4 Å². The van der Waals surface area contributed by atoms with E-state index in [9.17, 15) is 0 Å². The van der Waals surface area contributed by atoms with Crippen LogP contribution < -0.4 is 4.90 Å². The van der Waals surface area contributed by atoms with E-state index < -0.39 is 0 Å². The molecule has 0 amide bonds. The number of pyridine rings is 1. The summed E-state index contributed by atoms with van der Waals surface area (Å²) in [5, 5.41) is 5.21. The first-order valence-electron chi connectivity index (χ1n) is 7.68. The Bertz CT molecular complexity index is 834. The predicted octanol–water partition coefficient (Wildman–Crippen LogP) is 3.50. The quantitative estimate of drug-likeness (QED) is 0.724. The summed E-state index contributed by atoms with van der Waals surface area (Å²) in [6, 6.07) is 8.45. The molecule has 5 heteroatoms. The van der Waals surface area contributed by atoms with Crippen molar-refractivity contribution in [2.75, 3.05) is 18.0 Å². The maximum Gasteiger partial charge on any atom is 0.223 e. The second-order valence-electron chi connectivity index (χ2n) is 5.89. The van der Waals surface area contributed by atoms with Gasteiger partial charge in [-0.05, 0) is 38.0 Å². The molecule has 5 nitrogen and oxygen atoms in total. The molecular formula is C17H18N4O. The zero-order valence-corrected chi connectivity index (χ0v) is 12.8. The van der Waals surface area contributed by atoms with Crippen molar-refractivity contribution in [1.82, 2.24) is 15.1 Å². The third-order valence-electron chi connectivity index (χ3n) is 4.12. The number of aryl methyl sites for hydroxylation is 2. The van der Waals surface area contributed by atoms with Gasteiger partial charge in [0.05, 0.1) is 11.1 Å². The Hall–Kier alpha value is -2.43. The molecule has 22 heavy (non-hydrogen) atoms. The minimum absolute atomic E-state index is 0.576. The number of aromatic nitrogens is 3. The Kier molecular flexibility index (Phi) is 3.06. The van der Waals surface area contributed by atoms with Crippen LogP contribution in [-0.4, -0.2) is 28.2 Å². The lowest BCUT2D eigenvalue weighted by Gasteiger charge is -2.19. The van der Waals surface area contributed by atoms with Crippen molar-refractivity contribution in [3.8, 4) is 11.4 Å². The first-order valence-corrected chi connectivity index (χ1v) is 7.68. The molecule has 0 atom stereocenters. The predicted molar refractivity (Wildman–Crippen MR) is 86.0 cm³/mol. The molecule has 0 aliphatic carbocycles. The lowest BCUT2D eigenvalue weighted by molar-refractivity contribution is 0.394. The number of hydrogen-bond donors (Lipinski definition) is 0. The van der Waals surface area contributed by atoms with E-state index in [0.29, 0.717) is 11.7 Å². The van der Waals surface area contributed by atoms with Gasteiger partial charge in [0.2, 0.25) is 11.7 Å². The summed E-state index contributed by atoms with van der Waals surface area (Å²) in [6.07, 6.45) is 2.41. The van der Waals surface area contributed by atoms with Crippen LogP contribution in [-0.2, 0) is 0 Å². The molecule has 1 aliphatic rings. The van der Waals surface area contributed by atoms with Gasteiger partial charge in [0, 0.05) is 25.4 Å². The number of anilines is 1. The number of nitrogens with zero attached hydrogens (tertiary/aromatic N) is 4. The van der Waals surface area contributed by atoms with Crippen LogP contribution in [0.15, 0.2) is 28.8 Å². The third-order valence-corrected chi connectivity index (χ3v) is 4.12. The molecule has 1 aromatic carbocycles. The maximum absolute atomic E-state index is 5.16. The highest BCUT2D eigenvalue weighted by molar-refractivity contribution is 5.88. The molecule has 1 aliphatic heterocycles. The monoisotopic (exact) mass is 294 g/mol. The normalized spacial score (nSPS) is 14.9.